The van der Waals surface area contributed by atoms with Crippen molar-refractivity contribution in [1.29, 1.82) is 0 Å². The highest BCUT2D eigenvalue weighted by Crippen LogP contribution is 2.34. The lowest BCUT2D eigenvalue weighted by molar-refractivity contribution is -0.143. The van der Waals surface area contributed by atoms with Crippen LogP contribution in [0.2, 0.25) is 0 Å². The number of hydrogen-bond donors (Lipinski definition) is 4. The van der Waals surface area contributed by atoms with Gasteiger partial charge in [0.2, 0.25) is 5.91 Å². The van der Waals surface area contributed by atoms with Crippen LogP contribution in [-0.2, 0) is 14.3 Å². The van der Waals surface area contributed by atoms with Crippen molar-refractivity contribution in [2.75, 3.05) is 18.2 Å². The molecular formula is C28H39N3O6S. The monoisotopic (exact) mass is 545 g/mol. The molecule has 0 fully saturated rings. The van der Waals surface area contributed by atoms with Crippen molar-refractivity contribution in [2.24, 2.45) is 0 Å². The largest absolute Gasteiger partial charge is 0.507 e. The maximum atomic E-state index is 14.0. The third-order valence-electron chi connectivity index (χ3n) is 5.94. The maximum Gasteiger partial charge on any atom is 0.408 e. The lowest BCUT2D eigenvalue weighted by atomic mass is 9.97. The highest BCUT2D eigenvalue weighted by Gasteiger charge is 2.39. The van der Waals surface area contributed by atoms with Gasteiger partial charge in [-0.05, 0) is 70.9 Å². The molecule has 0 aliphatic carbocycles. The minimum absolute atomic E-state index is 0.0301. The predicted octanol–water partition coefficient (Wildman–Crippen LogP) is 4.84. The molecule has 0 saturated carbocycles. The summed E-state index contributed by atoms with van der Waals surface area (Å²) in [5.41, 5.74) is 0.541. The van der Waals surface area contributed by atoms with Crippen molar-refractivity contribution in [1.82, 2.24) is 10.2 Å². The number of methoxy groups -OCH3 is 1. The molecule has 0 bridgehead atoms. The zero-order valence-electron chi connectivity index (χ0n) is 23.1. The standard InChI is InChI=1S/C28H39N3O6S/c1-8-18(3)31(26(34)22(16-38)30-27(35)37-28(4,5)6)23(21-11-9-10-17(2)24(21)32)25(33)29-19-12-14-20(36-7)15-13-19/h9-15,18,22-23,32,38H,8,16H2,1-7H3,(H,29,33)(H,30,35). The third-order valence-corrected chi connectivity index (χ3v) is 6.30. The number of ether oxygens (including phenoxy) is 2. The molecule has 208 valence electrons. The van der Waals surface area contributed by atoms with Crippen molar-refractivity contribution in [2.45, 2.75) is 71.7 Å². The number of carbonyl (C=O) groups is 3. The van der Waals surface area contributed by atoms with Crippen molar-refractivity contribution in [3.05, 3.63) is 53.6 Å². The molecule has 2 rings (SSSR count). The van der Waals surface area contributed by atoms with E-state index in [2.05, 4.69) is 23.3 Å². The molecule has 2 aromatic rings. The van der Waals surface area contributed by atoms with Gasteiger partial charge < -0.3 is 30.1 Å². The van der Waals surface area contributed by atoms with Gasteiger partial charge in [-0.15, -0.1) is 0 Å². The molecule has 0 spiro atoms. The predicted molar refractivity (Wildman–Crippen MR) is 151 cm³/mol. The maximum absolute atomic E-state index is 14.0. The normalized spacial score (nSPS) is 13.6. The molecule has 0 radical (unpaired) electrons. The summed E-state index contributed by atoms with van der Waals surface area (Å²) in [7, 11) is 1.54. The van der Waals surface area contributed by atoms with Gasteiger partial charge >= 0.3 is 6.09 Å². The van der Waals surface area contributed by atoms with E-state index in [1.165, 1.54) is 4.90 Å². The number of hydrogen-bond acceptors (Lipinski definition) is 7. The van der Waals surface area contributed by atoms with Crippen LogP contribution in [0.1, 0.15) is 58.2 Å². The molecule has 3 unspecified atom stereocenters. The van der Waals surface area contributed by atoms with E-state index in [-0.39, 0.29) is 17.1 Å². The molecule has 3 N–H and O–H groups in total. The Kier molecular flexibility index (Phi) is 10.9. The zero-order valence-corrected chi connectivity index (χ0v) is 24.0. The minimum atomic E-state index is -1.21. The molecule has 3 atom stereocenters. The van der Waals surface area contributed by atoms with E-state index in [4.69, 9.17) is 9.47 Å². The van der Waals surface area contributed by atoms with Crippen molar-refractivity contribution in [3.8, 4) is 11.5 Å². The summed E-state index contributed by atoms with van der Waals surface area (Å²) in [6, 6.07) is 9.09. The van der Waals surface area contributed by atoms with Crippen LogP contribution in [0.5, 0.6) is 11.5 Å². The van der Waals surface area contributed by atoms with Gasteiger partial charge in [-0.2, -0.15) is 12.6 Å². The number of benzene rings is 2. The lowest BCUT2D eigenvalue weighted by Crippen LogP contribution is -2.55. The van der Waals surface area contributed by atoms with E-state index in [1.54, 1.807) is 77.3 Å². The molecule has 2 aromatic carbocycles. The summed E-state index contributed by atoms with van der Waals surface area (Å²) in [6.45, 7) is 10.6. The van der Waals surface area contributed by atoms with Gasteiger partial charge in [0.05, 0.1) is 7.11 Å². The van der Waals surface area contributed by atoms with Gasteiger partial charge in [-0.25, -0.2) is 4.79 Å². The smallest absolute Gasteiger partial charge is 0.408 e. The molecule has 9 nitrogen and oxygen atoms in total. The molecule has 0 aromatic heterocycles. The number of nitrogens with one attached hydrogen (secondary N) is 2. The second-order valence-electron chi connectivity index (χ2n) is 10.0. The van der Waals surface area contributed by atoms with Crippen LogP contribution in [-0.4, -0.2) is 58.5 Å². The topological polar surface area (TPSA) is 117 Å². The Morgan fingerprint density at radius 1 is 1.11 bits per heavy atom. The van der Waals surface area contributed by atoms with E-state index in [0.717, 1.165) is 0 Å². The van der Waals surface area contributed by atoms with E-state index < -0.39 is 41.6 Å². The first kappa shape index (κ1) is 30.8. The minimum Gasteiger partial charge on any atom is -0.507 e. The summed E-state index contributed by atoms with van der Waals surface area (Å²) >= 11 is 4.30. The Bertz CT molecular complexity index is 1120. The molecule has 0 aliphatic rings. The molecule has 0 heterocycles. The van der Waals surface area contributed by atoms with Crippen LogP contribution in [0.25, 0.3) is 0 Å². The number of aryl methyl sites for hydroxylation is 1. The van der Waals surface area contributed by atoms with Crippen molar-refractivity contribution >= 4 is 36.2 Å². The first-order chi connectivity index (χ1) is 17.8. The third kappa shape index (κ3) is 8.05. The van der Waals surface area contributed by atoms with E-state index in [9.17, 15) is 19.5 Å². The molecule has 10 heteroatoms. The van der Waals surface area contributed by atoms with Crippen molar-refractivity contribution in [3.63, 3.8) is 0 Å². The number of alkyl carbamates (subject to hydrolysis) is 1. The summed E-state index contributed by atoms with van der Waals surface area (Å²) in [6.07, 6.45) is -0.261. The fourth-order valence-corrected chi connectivity index (χ4v) is 4.06. The fourth-order valence-electron chi connectivity index (χ4n) is 3.82. The van der Waals surface area contributed by atoms with Crippen LogP contribution in [0.15, 0.2) is 42.5 Å². The van der Waals surface area contributed by atoms with Crippen LogP contribution >= 0.6 is 12.6 Å². The zero-order chi connectivity index (χ0) is 28.6. The van der Waals surface area contributed by atoms with E-state index in [0.29, 0.717) is 23.4 Å². The molecule has 0 saturated heterocycles. The number of nitrogens with zero attached hydrogens (tertiary/aromatic N) is 1. The SMILES string of the molecule is CCC(C)N(C(=O)C(CS)NC(=O)OC(C)(C)C)C(C(=O)Nc1ccc(OC)cc1)c1cccc(C)c1O. The Hall–Kier alpha value is -3.40. The number of para-hydroxylation sites is 1. The van der Waals surface area contributed by atoms with Gasteiger partial charge in [0, 0.05) is 23.0 Å². The number of aromatic hydroxyl groups is 1. The van der Waals surface area contributed by atoms with Gasteiger partial charge in [-0.3, -0.25) is 9.59 Å². The van der Waals surface area contributed by atoms with Crippen LogP contribution < -0.4 is 15.4 Å². The van der Waals surface area contributed by atoms with Crippen LogP contribution in [0.3, 0.4) is 0 Å². The van der Waals surface area contributed by atoms with Gasteiger partial charge in [-0.1, -0.05) is 25.1 Å². The van der Waals surface area contributed by atoms with Gasteiger partial charge in [0.1, 0.15) is 29.2 Å². The number of anilines is 1. The van der Waals surface area contributed by atoms with Gasteiger partial charge in [0.25, 0.3) is 5.91 Å². The lowest BCUT2D eigenvalue weighted by Gasteiger charge is -2.38. The first-order valence-electron chi connectivity index (χ1n) is 12.5. The summed E-state index contributed by atoms with van der Waals surface area (Å²) in [5.74, 6) is -0.559. The Balaban J connectivity index is 2.55. The van der Waals surface area contributed by atoms with E-state index >= 15 is 0 Å². The highest BCUT2D eigenvalue weighted by atomic mass is 32.1. The van der Waals surface area contributed by atoms with E-state index in [1.807, 2.05) is 13.8 Å². The Morgan fingerprint density at radius 3 is 2.26 bits per heavy atom. The molecule has 38 heavy (non-hydrogen) atoms. The Labute approximate surface area is 230 Å². The number of carbonyl (C=O) groups excluding carboxylic acids is 3. The fraction of sp³-hybridized carbons (Fsp3) is 0.464. The second-order valence-corrected chi connectivity index (χ2v) is 10.4. The Morgan fingerprint density at radius 2 is 1.74 bits per heavy atom. The summed E-state index contributed by atoms with van der Waals surface area (Å²) in [5, 5.41) is 16.4. The molecule has 3 amide bonds. The number of rotatable bonds is 10. The van der Waals surface area contributed by atoms with Crippen LogP contribution in [0.4, 0.5) is 10.5 Å². The number of thiol groups is 1. The average molecular weight is 546 g/mol. The highest BCUT2D eigenvalue weighted by molar-refractivity contribution is 7.80. The summed E-state index contributed by atoms with van der Waals surface area (Å²) in [4.78, 5) is 41.7. The molecular weight excluding hydrogens is 506 g/mol. The quantitative estimate of drug-likeness (QED) is 0.318. The second kappa shape index (κ2) is 13.4. The number of phenols is 1. The number of phenolic OH excluding ortho intramolecular Hbond substituents is 1. The molecule has 0 aliphatic heterocycles. The van der Waals surface area contributed by atoms with Crippen molar-refractivity contribution < 1.29 is 29.0 Å². The number of amides is 3. The summed E-state index contributed by atoms with van der Waals surface area (Å²) < 4.78 is 10.5. The van der Waals surface area contributed by atoms with Gasteiger partial charge in [0.15, 0.2) is 0 Å². The average Bonchev–Trinajstić information content (AvgIpc) is 2.86. The van der Waals surface area contributed by atoms with Crippen LogP contribution in [0, 0.1) is 6.92 Å². The first-order valence-corrected chi connectivity index (χ1v) is 13.1.